The lowest BCUT2D eigenvalue weighted by atomic mass is 9.90. The molecule has 4 rings (SSSR count). The summed E-state index contributed by atoms with van der Waals surface area (Å²) in [6.45, 7) is 10.9. The fourth-order valence-electron chi connectivity index (χ4n) is 4.64. The van der Waals surface area contributed by atoms with Crippen LogP contribution < -0.4 is 20.1 Å². The van der Waals surface area contributed by atoms with Crippen molar-refractivity contribution in [3.63, 3.8) is 0 Å². The van der Waals surface area contributed by atoms with E-state index in [-0.39, 0.29) is 28.4 Å². The molecule has 0 radical (unpaired) electrons. The molecule has 0 saturated carbocycles. The molecule has 3 N–H and O–H groups in total. The number of nitrogen functional groups attached to an aromatic ring is 1. The summed E-state index contributed by atoms with van der Waals surface area (Å²) in [6.07, 6.45) is 11.1. The van der Waals surface area contributed by atoms with Crippen LogP contribution in [0.15, 0.2) is 90.1 Å². The van der Waals surface area contributed by atoms with Crippen LogP contribution in [0, 0.1) is 5.92 Å². The molecule has 3 aromatic rings. The van der Waals surface area contributed by atoms with E-state index in [1.807, 2.05) is 37.0 Å². The molecule has 0 spiro atoms. The van der Waals surface area contributed by atoms with E-state index in [9.17, 15) is 13.2 Å². The van der Waals surface area contributed by atoms with Crippen molar-refractivity contribution in [2.24, 2.45) is 5.92 Å². The molecular weight excluding hydrogens is 552 g/mol. The molecule has 1 atom stereocenters. The number of rotatable bonds is 10. The van der Waals surface area contributed by atoms with E-state index in [2.05, 4.69) is 34.3 Å². The van der Waals surface area contributed by atoms with Gasteiger partial charge in [0.2, 0.25) is 5.88 Å². The summed E-state index contributed by atoms with van der Waals surface area (Å²) in [5.41, 5.74) is 8.32. The zero-order valence-corrected chi connectivity index (χ0v) is 24.8. The van der Waals surface area contributed by atoms with E-state index in [1.165, 1.54) is 23.8 Å². The smallest absolute Gasteiger partial charge is 0.281 e. The van der Waals surface area contributed by atoms with Crippen LogP contribution in [0.5, 0.6) is 5.88 Å². The number of nitrogens with two attached hydrogens (primary N) is 1. The number of carbonyl (C=O) groups excluding carboxylic acids is 1. The SMILES string of the molecule is C=C/C=C\C=C(/C)[C@H]1CCCN(c2nc(-c3ccc(OC(C)C)nc3)ccc2C(=O)NS(=O)(=O)c2cccc(N)n2)C1. The third-order valence-electron chi connectivity index (χ3n) is 6.73. The summed E-state index contributed by atoms with van der Waals surface area (Å²) in [4.78, 5) is 28.6. The normalized spacial score (nSPS) is 16.0. The van der Waals surface area contributed by atoms with Crippen LogP contribution >= 0.6 is 0 Å². The van der Waals surface area contributed by atoms with Crippen molar-refractivity contribution in [3.05, 3.63) is 90.7 Å². The van der Waals surface area contributed by atoms with Gasteiger partial charge in [-0.25, -0.2) is 19.7 Å². The minimum atomic E-state index is -4.28. The molecule has 0 aromatic carbocycles. The molecule has 0 aliphatic carbocycles. The summed E-state index contributed by atoms with van der Waals surface area (Å²) >= 11 is 0. The Bertz CT molecular complexity index is 1600. The molecule has 0 unspecified atom stereocenters. The van der Waals surface area contributed by atoms with Crippen molar-refractivity contribution in [2.45, 2.75) is 44.7 Å². The number of pyridine rings is 3. The molecule has 3 aromatic heterocycles. The molecule has 220 valence electrons. The molecule has 1 fully saturated rings. The quantitative estimate of drug-likeness (QED) is 0.315. The highest BCUT2D eigenvalue weighted by Gasteiger charge is 2.28. The molecule has 10 nitrogen and oxygen atoms in total. The van der Waals surface area contributed by atoms with Crippen LogP contribution in [0.25, 0.3) is 11.3 Å². The van der Waals surface area contributed by atoms with E-state index in [0.717, 1.165) is 18.4 Å². The minimum Gasteiger partial charge on any atom is -0.475 e. The second kappa shape index (κ2) is 13.4. The van der Waals surface area contributed by atoms with Gasteiger partial charge in [0.1, 0.15) is 11.6 Å². The Hall–Kier alpha value is -4.51. The average molecular weight is 589 g/mol. The predicted molar refractivity (Wildman–Crippen MR) is 165 cm³/mol. The molecule has 4 heterocycles. The molecule has 0 bridgehead atoms. The van der Waals surface area contributed by atoms with Crippen molar-refractivity contribution in [2.75, 3.05) is 23.7 Å². The van der Waals surface area contributed by atoms with Crippen molar-refractivity contribution in [3.8, 4) is 17.1 Å². The molecule has 1 aliphatic rings. The number of aromatic nitrogens is 3. The predicted octanol–water partition coefficient (Wildman–Crippen LogP) is 4.93. The summed E-state index contributed by atoms with van der Waals surface area (Å²) in [6, 6.07) is 11.1. The van der Waals surface area contributed by atoms with E-state index in [4.69, 9.17) is 15.5 Å². The number of allylic oxidation sites excluding steroid dienone is 4. The first-order chi connectivity index (χ1) is 20.1. The van der Waals surface area contributed by atoms with Gasteiger partial charge in [-0.2, -0.15) is 8.42 Å². The van der Waals surface area contributed by atoms with Gasteiger partial charge < -0.3 is 15.4 Å². The van der Waals surface area contributed by atoms with E-state index in [1.54, 1.807) is 30.5 Å². The van der Waals surface area contributed by atoms with Gasteiger partial charge >= 0.3 is 0 Å². The van der Waals surface area contributed by atoms with E-state index >= 15 is 0 Å². The highest BCUT2D eigenvalue weighted by Crippen LogP contribution is 2.31. The van der Waals surface area contributed by atoms with Crippen LogP contribution in [0.2, 0.25) is 0 Å². The summed E-state index contributed by atoms with van der Waals surface area (Å²) in [5, 5.41) is -0.344. The van der Waals surface area contributed by atoms with Crippen LogP contribution in [0.3, 0.4) is 0 Å². The topological polar surface area (TPSA) is 140 Å². The molecule has 1 saturated heterocycles. The van der Waals surface area contributed by atoms with Crippen LogP contribution in [0.4, 0.5) is 11.6 Å². The third-order valence-corrected chi connectivity index (χ3v) is 7.96. The molecule has 1 aliphatic heterocycles. The van der Waals surface area contributed by atoms with Gasteiger partial charge in [-0.05, 0) is 69.9 Å². The van der Waals surface area contributed by atoms with Crippen molar-refractivity contribution >= 4 is 27.6 Å². The number of hydrogen-bond acceptors (Lipinski definition) is 9. The second-order valence-electron chi connectivity index (χ2n) is 10.3. The monoisotopic (exact) mass is 588 g/mol. The number of ether oxygens (including phenoxy) is 1. The fraction of sp³-hybridized carbons (Fsp3) is 0.290. The highest BCUT2D eigenvalue weighted by atomic mass is 32.2. The Morgan fingerprint density at radius 3 is 2.67 bits per heavy atom. The molecular formula is C31H36N6O4S. The lowest BCUT2D eigenvalue weighted by molar-refractivity contribution is 0.0981. The number of carbonyl (C=O) groups is 1. The lowest BCUT2D eigenvalue weighted by Crippen LogP contribution is -2.39. The van der Waals surface area contributed by atoms with Crippen LogP contribution in [-0.4, -0.2) is 48.5 Å². The van der Waals surface area contributed by atoms with Gasteiger partial charge in [0, 0.05) is 30.9 Å². The summed E-state index contributed by atoms with van der Waals surface area (Å²) in [7, 11) is -4.28. The minimum absolute atomic E-state index is 0.0125. The van der Waals surface area contributed by atoms with Crippen molar-refractivity contribution < 1.29 is 17.9 Å². The maximum atomic E-state index is 13.5. The summed E-state index contributed by atoms with van der Waals surface area (Å²) < 4.78 is 33.8. The van der Waals surface area contributed by atoms with Crippen LogP contribution in [0.1, 0.15) is 44.0 Å². The molecule has 11 heteroatoms. The zero-order chi connectivity index (χ0) is 30.3. The number of sulfonamides is 1. The van der Waals surface area contributed by atoms with E-state index < -0.39 is 15.9 Å². The third kappa shape index (κ3) is 7.61. The largest absolute Gasteiger partial charge is 0.475 e. The number of amides is 1. The Morgan fingerprint density at radius 1 is 1.17 bits per heavy atom. The highest BCUT2D eigenvalue weighted by molar-refractivity contribution is 7.90. The number of nitrogens with zero attached hydrogens (tertiary/aromatic N) is 4. The first-order valence-electron chi connectivity index (χ1n) is 13.7. The average Bonchev–Trinajstić information content (AvgIpc) is 2.97. The van der Waals surface area contributed by atoms with Gasteiger partial charge in [0.05, 0.1) is 17.4 Å². The van der Waals surface area contributed by atoms with E-state index in [0.29, 0.717) is 30.5 Å². The molecule has 42 heavy (non-hydrogen) atoms. The Morgan fingerprint density at radius 2 is 1.98 bits per heavy atom. The lowest BCUT2D eigenvalue weighted by Gasteiger charge is -2.35. The number of anilines is 2. The van der Waals surface area contributed by atoms with Gasteiger partial charge in [-0.15, -0.1) is 0 Å². The van der Waals surface area contributed by atoms with Crippen molar-refractivity contribution in [1.29, 1.82) is 0 Å². The number of piperidine rings is 1. The Labute approximate surface area is 247 Å². The van der Waals surface area contributed by atoms with Crippen molar-refractivity contribution in [1.82, 2.24) is 19.7 Å². The van der Waals surface area contributed by atoms with Crippen LogP contribution in [-0.2, 0) is 10.0 Å². The maximum Gasteiger partial charge on any atom is 0.281 e. The molecule has 1 amide bonds. The standard InChI is InChI=1S/C31H36N6O4S/c1-5-6-7-10-22(4)24-11-9-18-37(20-24)30-25(31(38)36-42(39,40)29-13-8-12-27(32)35-29)15-16-26(34-30)23-14-17-28(33-19-23)41-21(2)3/h5-8,10,12-17,19,21,24H,1,9,11,18,20H2,2-4H3,(H2,32,35)(H,36,38)/b7-6-,22-10+/t24-/m0/s1. The van der Waals surface area contributed by atoms with Gasteiger partial charge in [-0.3, -0.25) is 4.79 Å². The number of hydrogen-bond donors (Lipinski definition) is 2. The van der Waals surface area contributed by atoms with Gasteiger partial charge in [-0.1, -0.05) is 42.5 Å². The second-order valence-corrected chi connectivity index (χ2v) is 11.9. The first kappa shape index (κ1) is 30.4. The Balaban J connectivity index is 1.70. The zero-order valence-electron chi connectivity index (χ0n) is 24.0. The fourth-order valence-corrected chi connectivity index (χ4v) is 5.59. The first-order valence-corrected chi connectivity index (χ1v) is 15.2. The number of nitrogens with one attached hydrogen (secondary N) is 1. The summed E-state index contributed by atoms with van der Waals surface area (Å²) in [5.74, 6) is 0.333. The Kier molecular flexibility index (Phi) is 9.74. The van der Waals surface area contributed by atoms with Gasteiger partial charge in [0.15, 0.2) is 5.03 Å². The van der Waals surface area contributed by atoms with Gasteiger partial charge in [0.25, 0.3) is 15.9 Å². The maximum absolute atomic E-state index is 13.5.